The fourth-order valence-corrected chi connectivity index (χ4v) is 4.92. The molecule has 3 heterocycles. The van der Waals surface area contributed by atoms with Crippen LogP contribution in [0, 0.1) is 0 Å². The van der Waals surface area contributed by atoms with Crippen LogP contribution in [0.4, 0.5) is 0 Å². The molecule has 176 valence electrons. The molecule has 2 N–H and O–H groups in total. The van der Waals surface area contributed by atoms with Crippen molar-refractivity contribution < 1.29 is 9.90 Å². The second-order valence-corrected chi connectivity index (χ2v) is 9.59. The summed E-state index contributed by atoms with van der Waals surface area (Å²) in [4.78, 5) is 37.7. The fraction of sp³-hybridized carbons (Fsp3) is 0.250. The Bertz CT molecular complexity index is 1360. The van der Waals surface area contributed by atoms with E-state index in [9.17, 15) is 14.7 Å². The molecular weight excluding hydrogens is 474 g/mol. The Kier molecular flexibility index (Phi) is 7.38. The molecule has 0 unspecified atom stereocenters. The van der Waals surface area contributed by atoms with Gasteiger partial charge in [-0.3, -0.25) is 14.5 Å². The van der Waals surface area contributed by atoms with Gasteiger partial charge in [0.1, 0.15) is 16.5 Å². The molecule has 0 bridgehead atoms. The average Bonchev–Trinajstić information content (AvgIpc) is 3.26. The maximum Gasteiger partial charge on any atom is 0.257 e. The number of nitrogens with zero attached hydrogens (tertiary/aromatic N) is 4. The number of aryl methyl sites for hydroxylation is 1. The largest absolute Gasteiger partial charge is 0.384 e. The van der Waals surface area contributed by atoms with Gasteiger partial charge in [-0.05, 0) is 36.9 Å². The number of carbonyl (C=O) groups excluding carboxylic acids is 1. The van der Waals surface area contributed by atoms with Gasteiger partial charge >= 0.3 is 0 Å². The number of carbonyl (C=O) groups is 1. The van der Waals surface area contributed by atoms with Gasteiger partial charge in [0, 0.05) is 55.2 Å². The number of amides is 1. The average molecular weight is 498 g/mol. The molecule has 1 amide bonds. The van der Waals surface area contributed by atoms with E-state index >= 15 is 0 Å². The SMILES string of the molecule is CN(Cc1cc2c(=O)c(C(=O)NCc3ccc(Cl)cc3)cn(C)c2s1)C[C@@H](O)c1ncccn1. The number of thiophene rings is 1. The van der Waals surface area contributed by atoms with Crippen LogP contribution in [-0.4, -0.2) is 44.0 Å². The Morgan fingerprint density at radius 3 is 2.68 bits per heavy atom. The van der Waals surface area contributed by atoms with Crippen LogP contribution in [0.25, 0.3) is 10.2 Å². The number of benzene rings is 1. The van der Waals surface area contributed by atoms with E-state index in [1.165, 1.54) is 11.3 Å². The van der Waals surface area contributed by atoms with Crippen molar-refractivity contribution in [3.63, 3.8) is 0 Å². The van der Waals surface area contributed by atoms with Gasteiger partial charge in [-0.15, -0.1) is 11.3 Å². The lowest BCUT2D eigenvalue weighted by molar-refractivity contribution is 0.0949. The number of rotatable bonds is 8. The molecule has 0 saturated carbocycles. The summed E-state index contributed by atoms with van der Waals surface area (Å²) in [7, 11) is 3.70. The first-order chi connectivity index (χ1) is 16.3. The number of hydrogen-bond donors (Lipinski definition) is 2. The minimum Gasteiger partial charge on any atom is -0.384 e. The van der Waals surface area contributed by atoms with Crippen LogP contribution >= 0.6 is 22.9 Å². The van der Waals surface area contributed by atoms with Crippen LogP contribution < -0.4 is 10.7 Å². The van der Waals surface area contributed by atoms with Gasteiger partial charge in [0.25, 0.3) is 5.91 Å². The van der Waals surface area contributed by atoms with Crippen LogP contribution in [0.15, 0.2) is 59.8 Å². The number of nitrogens with one attached hydrogen (secondary N) is 1. The Labute approximate surface area is 205 Å². The zero-order valence-corrected chi connectivity index (χ0v) is 20.3. The molecule has 3 aromatic heterocycles. The number of aliphatic hydroxyl groups is 1. The number of pyridine rings is 1. The molecule has 0 radical (unpaired) electrons. The summed E-state index contributed by atoms with van der Waals surface area (Å²) in [5.74, 6) is -0.0542. The van der Waals surface area contributed by atoms with Crippen molar-refractivity contribution in [3.8, 4) is 0 Å². The third-order valence-electron chi connectivity index (χ3n) is 5.30. The normalized spacial score (nSPS) is 12.3. The Balaban J connectivity index is 1.48. The molecule has 0 aliphatic carbocycles. The van der Waals surface area contributed by atoms with Crippen LogP contribution in [0.1, 0.15) is 32.7 Å². The van der Waals surface area contributed by atoms with Crippen molar-refractivity contribution in [2.24, 2.45) is 7.05 Å². The number of fused-ring (bicyclic) bond motifs is 1. The van der Waals surface area contributed by atoms with Gasteiger partial charge in [-0.25, -0.2) is 9.97 Å². The third kappa shape index (κ3) is 5.51. The van der Waals surface area contributed by atoms with Gasteiger partial charge in [0.2, 0.25) is 5.43 Å². The van der Waals surface area contributed by atoms with E-state index in [0.717, 1.165) is 15.3 Å². The summed E-state index contributed by atoms with van der Waals surface area (Å²) in [5.41, 5.74) is 0.683. The zero-order chi connectivity index (χ0) is 24.2. The molecule has 0 fully saturated rings. The second kappa shape index (κ2) is 10.4. The van der Waals surface area contributed by atoms with E-state index in [2.05, 4.69) is 15.3 Å². The lowest BCUT2D eigenvalue weighted by Gasteiger charge is -2.18. The van der Waals surface area contributed by atoms with Crippen molar-refractivity contribution in [1.82, 2.24) is 24.8 Å². The van der Waals surface area contributed by atoms with Crippen LogP contribution in [0.2, 0.25) is 5.02 Å². The zero-order valence-electron chi connectivity index (χ0n) is 18.7. The van der Waals surface area contributed by atoms with Gasteiger partial charge in [-0.2, -0.15) is 0 Å². The predicted octanol–water partition coefficient (Wildman–Crippen LogP) is 3.14. The lowest BCUT2D eigenvalue weighted by Crippen LogP contribution is -2.29. The predicted molar refractivity (Wildman–Crippen MR) is 133 cm³/mol. The van der Waals surface area contributed by atoms with E-state index in [-0.39, 0.29) is 11.0 Å². The van der Waals surface area contributed by atoms with Crippen molar-refractivity contribution in [2.75, 3.05) is 13.6 Å². The molecule has 34 heavy (non-hydrogen) atoms. The van der Waals surface area contributed by atoms with E-state index < -0.39 is 12.0 Å². The first-order valence-electron chi connectivity index (χ1n) is 10.6. The molecule has 4 aromatic rings. The van der Waals surface area contributed by atoms with Gasteiger partial charge in [0.15, 0.2) is 5.82 Å². The van der Waals surface area contributed by atoms with Crippen molar-refractivity contribution in [2.45, 2.75) is 19.2 Å². The summed E-state index contributed by atoms with van der Waals surface area (Å²) in [5, 5.41) is 14.3. The highest BCUT2D eigenvalue weighted by Crippen LogP contribution is 2.25. The maximum absolute atomic E-state index is 13.1. The highest BCUT2D eigenvalue weighted by molar-refractivity contribution is 7.18. The summed E-state index contributed by atoms with van der Waals surface area (Å²) in [6, 6.07) is 10.7. The van der Waals surface area contributed by atoms with Crippen LogP contribution in [0.5, 0.6) is 0 Å². The van der Waals surface area contributed by atoms with E-state index in [1.54, 1.807) is 41.4 Å². The van der Waals surface area contributed by atoms with Crippen molar-refractivity contribution in [1.29, 1.82) is 0 Å². The number of likely N-dealkylation sites (N-methyl/N-ethyl adjacent to an activating group) is 1. The highest BCUT2D eigenvalue weighted by atomic mass is 35.5. The monoisotopic (exact) mass is 497 g/mol. The highest BCUT2D eigenvalue weighted by Gasteiger charge is 2.18. The third-order valence-corrected chi connectivity index (χ3v) is 6.76. The van der Waals surface area contributed by atoms with Crippen molar-refractivity contribution in [3.05, 3.63) is 92.1 Å². The van der Waals surface area contributed by atoms with E-state index in [1.807, 2.05) is 37.2 Å². The molecular formula is C24H24ClN5O3S. The van der Waals surface area contributed by atoms with E-state index in [0.29, 0.717) is 35.9 Å². The second-order valence-electron chi connectivity index (χ2n) is 8.04. The smallest absolute Gasteiger partial charge is 0.257 e. The molecule has 8 nitrogen and oxygen atoms in total. The summed E-state index contributed by atoms with van der Waals surface area (Å²) >= 11 is 7.38. The number of aliphatic hydroxyl groups excluding tert-OH is 1. The molecule has 0 saturated heterocycles. The minimum atomic E-state index is -0.817. The van der Waals surface area contributed by atoms with E-state index in [4.69, 9.17) is 11.6 Å². The van der Waals surface area contributed by atoms with Gasteiger partial charge in [0.05, 0.1) is 5.39 Å². The number of hydrogen-bond acceptors (Lipinski definition) is 7. The molecule has 10 heteroatoms. The lowest BCUT2D eigenvalue weighted by atomic mass is 10.2. The molecule has 0 aliphatic rings. The molecule has 1 atom stereocenters. The summed E-state index contributed by atoms with van der Waals surface area (Å²) in [6.07, 6.45) is 3.94. The Morgan fingerprint density at radius 2 is 1.97 bits per heavy atom. The summed E-state index contributed by atoms with van der Waals surface area (Å²) in [6.45, 7) is 1.16. The Morgan fingerprint density at radius 1 is 1.26 bits per heavy atom. The van der Waals surface area contributed by atoms with Crippen LogP contribution in [0.3, 0.4) is 0 Å². The van der Waals surface area contributed by atoms with Gasteiger partial charge < -0.3 is 15.0 Å². The summed E-state index contributed by atoms with van der Waals surface area (Å²) < 4.78 is 1.80. The molecule has 1 aromatic carbocycles. The quantitative estimate of drug-likeness (QED) is 0.388. The Hall–Kier alpha value is -3.11. The minimum absolute atomic E-state index is 0.0957. The molecule has 0 spiro atoms. The first kappa shape index (κ1) is 24.0. The standard InChI is InChI=1S/C24H24ClN5O3S/c1-29(14-20(31)22-26-8-3-9-27-22)12-17-10-18-21(32)19(13-30(2)24(18)34-17)23(33)28-11-15-4-6-16(25)7-5-15/h3-10,13,20,31H,11-12,14H2,1-2H3,(H,28,33)/t20-/m1/s1. The van der Waals surface area contributed by atoms with Crippen molar-refractivity contribution >= 4 is 39.1 Å². The molecule has 0 aliphatic heterocycles. The number of aromatic nitrogens is 3. The van der Waals surface area contributed by atoms with Gasteiger partial charge in [-0.1, -0.05) is 23.7 Å². The maximum atomic E-state index is 13.1. The fourth-order valence-electron chi connectivity index (χ4n) is 3.62. The first-order valence-corrected chi connectivity index (χ1v) is 11.8. The van der Waals surface area contributed by atoms with Crippen LogP contribution in [-0.2, 0) is 20.1 Å². The number of halogens is 1. The topological polar surface area (TPSA) is 100 Å². The molecule has 4 rings (SSSR count).